The van der Waals surface area contributed by atoms with Crippen LogP contribution in [0.3, 0.4) is 0 Å². The number of thioether (sulfide) groups is 1. The summed E-state index contributed by atoms with van der Waals surface area (Å²) in [5, 5.41) is 9.07. The summed E-state index contributed by atoms with van der Waals surface area (Å²) in [6, 6.07) is 6.86. The smallest absolute Gasteiger partial charge is 0.327 e. The van der Waals surface area contributed by atoms with Gasteiger partial charge >= 0.3 is 5.97 Å². The fourth-order valence-electron chi connectivity index (χ4n) is 2.08. The lowest BCUT2D eigenvalue weighted by molar-refractivity contribution is -0.148. The SMILES string of the molecule is CC(C)c1cccc(OCC(=O)N2CSCC2C(=O)O)c1. The molecule has 1 atom stereocenters. The van der Waals surface area contributed by atoms with E-state index >= 15 is 0 Å². The van der Waals surface area contributed by atoms with Crippen LogP contribution in [0.15, 0.2) is 24.3 Å². The standard InChI is InChI=1S/C15H19NO4S/c1-10(2)11-4-3-5-12(6-11)20-7-14(17)16-9-21-8-13(16)15(18)19/h3-6,10,13H,7-9H2,1-2H3,(H,18,19). The molecule has 2 rings (SSSR count). The Kier molecular flexibility index (Phi) is 5.12. The number of ether oxygens (including phenoxy) is 1. The second kappa shape index (κ2) is 6.85. The first kappa shape index (κ1) is 15.7. The summed E-state index contributed by atoms with van der Waals surface area (Å²) in [5.74, 6) is 0.608. The van der Waals surface area contributed by atoms with Gasteiger partial charge in [0.2, 0.25) is 0 Å². The van der Waals surface area contributed by atoms with Crippen molar-refractivity contribution in [3.63, 3.8) is 0 Å². The van der Waals surface area contributed by atoms with Gasteiger partial charge in [-0.2, -0.15) is 0 Å². The number of hydrogen-bond acceptors (Lipinski definition) is 4. The first-order valence-corrected chi connectivity index (χ1v) is 7.97. The number of carbonyl (C=O) groups excluding carboxylic acids is 1. The molecule has 1 aromatic rings. The van der Waals surface area contributed by atoms with Gasteiger partial charge in [-0.1, -0.05) is 26.0 Å². The molecule has 6 heteroatoms. The molecule has 1 saturated heterocycles. The van der Waals surface area contributed by atoms with Gasteiger partial charge in [-0.05, 0) is 23.6 Å². The Bertz CT molecular complexity index is 532. The van der Waals surface area contributed by atoms with Crippen molar-refractivity contribution in [2.24, 2.45) is 0 Å². The summed E-state index contributed by atoms with van der Waals surface area (Å²) in [4.78, 5) is 24.5. The lowest BCUT2D eigenvalue weighted by Gasteiger charge is -2.20. The summed E-state index contributed by atoms with van der Waals surface area (Å²) in [6.45, 7) is 4.04. The Labute approximate surface area is 128 Å². The van der Waals surface area contributed by atoms with Crippen molar-refractivity contribution in [3.8, 4) is 5.75 Å². The number of aliphatic carboxylic acids is 1. The lowest BCUT2D eigenvalue weighted by Crippen LogP contribution is -2.43. The highest BCUT2D eigenvalue weighted by Gasteiger charge is 2.34. The molecule has 0 spiro atoms. The molecule has 1 N–H and O–H groups in total. The van der Waals surface area contributed by atoms with Crippen LogP contribution in [-0.2, 0) is 9.59 Å². The van der Waals surface area contributed by atoms with Gasteiger partial charge in [-0.25, -0.2) is 4.79 Å². The first-order valence-electron chi connectivity index (χ1n) is 6.82. The van der Waals surface area contributed by atoms with Crippen molar-refractivity contribution in [2.75, 3.05) is 18.2 Å². The zero-order chi connectivity index (χ0) is 15.4. The predicted molar refractivity (Wildman–Crippen MR) is 81.6 cm³/mol. The molecule has 1 aromatic carbocycles. The minimum Gasteiger partial charge on any atom is -0.484 e. The molecule has 1 heterocycles. The number of benzene rings is 1. The van der Waals surface area contributed by atoms with Crippen molar-refractivity contribution < 1.29 is 19.4 Å². The van der Waals surface area contributed by atoms with Crippen LogP contribution >= 0.6 is 11.8 Å². The van der Waals surface area contributed by atoms with E-state index in [4.69, 9.17) is 9.84 Å². The van der Waals surface area contributed by atoms with E-state index in [-0.39, 0.29) is 12.5 Å². The van der Waals surface area contributed by atoms with Crippen molar-refractivity contribution in [1.82, 2.24) is 4.90 Å². The molecule has 1 fully saturated rings. The predicted octanol–water partition coefficient (Wildman–Crippen LogP) is 2.17. The summed E-state index contributed by atoms with van der Waals surface area (Å²) in [7, 11) is 0. The van der Waals surface area contributed by atoms with Gasteiger partial charge in [0.25, 0.3) is 5.91 Å². The Hall–Kier alpha value is -1.69. The molecule has 1 aliphatic heterocycles. The van der Waals surface area contributed by atoms with E-state index in [1.165, 1.54) is 16.7 Å². The zero-order valence-electron chi connectivity index (χ0n) is 12.1. The Morgan fingerprint density at radius 1 is 1.48 bits per heavy atom. The topological polar surface area (TPSA) is 66.8 Å². The maximum Gasteiger partial charge on any atom is 0.327 e. The number of nitrogens with zero attached hydrogens (tertiary/aromatic N) is 1. The molecule has 0 bridgehead atoms. The Morgan fingerprint density at radius 2 is 2.24 bits per heavy atom. The van der Waals surface area contributed by atoms with Crippen molar-refractivity contribution in [1.29, 1.82) is 0 Å². The van der Waals surface area contributed by atoms with Crippen LogP contribution in [0.25, 0.3) is 0 Å². The van der Waals surface area contributed by atoms with Crippen LogP contribution in [0.1, 0.15) is 25.3 Å². The minimum absolute atomic E-state index is 0.133. The van der Waals surface area contributed by atoms with Crippen LogP contribution in [0, 0.1) is 0 Å². The number of carboxylic acid groups (broad SMARTS) is 1. The third kappa shape index (κ3) is 3.91. The van der Waals surface area contributed by atoms with Gasteiger partial charge in [-0.3, -0.25) is 4.79 Å². The second-order valence-corrected chi connectivity index (χ2v) is 6.23. The molecule has 1 amide bonds. The number of carboxylic acids is 1. The van der Waals surface area contributed by atoms with Crippen LogP contribution in [0.2, 0.25) is 0 Å². The second-order valence-electron chi connectivity index (χ2n) is 5.23. The third-order valence-electron chi connectivity index (χ3n) is 3.37. The number of amides is 1. The summed E-state index contributed by atoms with van der Waals surface area (Å²) in [5.41, 5.74) is 1.14. The molecular weight excluding hydrogens is 290 g/mol. The normalized spacial score (nSPS) is 18.0. The highest BCUT2D eigenvalue weighted by Crippen LogP contribution is 2.22. The van der Waals surface area contributed by atoms with Crippen molar-refractivity contribution in [2.45, 2.75) is 25.8 Å². The number of rotatable bonds is 5. The van der Waals surface area contributed by atoms with Gasteiger partial charge in [0.15, 0.2) is 6.61 Å². The largest absolute Gasteiger partial charge is 0.484 e. The molecule has 1 unspecified atom stereocenters. The molecule has 1 aliphatic rings. The van der Waals surface area contributed by atoms with E-state index < -0.39 is 12.0 Å². The Balaban J connectivity index is 1.95. The molecule has 0 aromatic heterocycles. The fourth-order valence-corrected chi connectivity index (χ4v) is 3.26. The molecule has 0 radical (unpaired) electrons. The van der Waals surface area contributed by atoms with Gasteiger partial charge in [0.05, 0.1) is 5.88 Å². The molecule has 5 nitrogen and oxygen atoms in total. The quantitative estimate of drug-likeness (QED) is 0.903. The Morgan fingerprint density at radius 3 is 2.90 bits per heavy atom. The maximum atomic E-state index is 12.1. The zero-order valence-corrected chi connectivity index (χ0v) is 12.9. The van der Waals surface area contributed by atoms with Gasteiger partial charge in [0.1, 0.15) is 11.8 Å². The summed E-state index contributed by atoms with van der Waals surface area (Å²) >= 11 is 1.44. The lowest BCUT2D eigenvalue weighted by atomic mass is 10.0. The molecule has 21 heavy (non-hydrogen) atoms. The molecular formula is C15H19NO4S. The molecule has 0 aliphatic carbocycles. The van der Waals surface area contributed by atoms with E-state index in [1.54, 1.807) is 6.07 Å². The number of hydrogen-bond donors (Lipinski definition) is 1. The summed E-state index contributed by atoms with van der Waals surface area (Å²) in [6.07, 6.45) is 0. The van der Waals surface area contributed by atoms with E-state index in [9.17, 15) is 9.59 Å². The maximum absolute atomic E-state index is 12.1. The van der Waals surface area contributed by atoms with E-state index in [0.29, 0.717) is 23.3 Å². The minimum atomic E-state index is -0.963. The van der Waals surface area contributed by atoms with Gasteiger partial charge in [0, 0.05) is 5.75 Å². The van der Waals surface area contributed by atoms with Crippen LogP contribution < -0.4 is 4.74 Å². The third-order valence-corrected chi connectivity index (χ3v) is 4.39. The van der Waals surface area contributed by atoms with E-state index in [2.05, 4.69) is 13.8 Å². The van der Waals surface area contributed by atoms with Crippen molar-refractivity contribution in [3.05, 3.63) is 29.8 Å². The van der Waals surface area contributed by atoms with E-state index in [1.807, 2.05) is 18.2 Å². The average Bonchev–Trinajstić information content (AvgIpc) is 2.94. The highest BCUT2D eigenvalue weighted by atomic mass is 32.2. The van der Waals surface area contributed by atoms with Crippen LogP contribution in [-0.4, -0.2) is 46.2 Å². The first-order chi connectivity index (χ1) is 9.99. The van der Waals surface area contributed by atoms with Crippen LogP contribution in [0.4, 0.5) is 0 Å². The van der Waals surface area contributed by atoms with Crippen molar-refractivity contribution >= 4 is 23.6 Å². The summed E-state index contributed by atoms with van der Waals surface area (Å²) < 4.78 is 5.51. The highest BCUT2D eigenvalue weighted by molar-refractivity contribution is 7.99. The molecule has 114 valence electrons. The number of carbonyl (C=O) groups is 2. The average molecular weight is 309 g/mol. The van der Waals surface area contributed by atoms with Gasteiger partial charge < -0.3 is 14.7 Å². The van der Waals surface area contributed by atoms with Crippen LogP contribution in [0.5, 0.6) is 5.75 Å². The molecule has 0 saturated carbocycles. The monoisotopic (exact) mass is 309 g/mol. The van der Waals surface area contributed by atoms with Gasteiger partial charge in [-0.15, -0.1) is 11.8 Å². The fraction of sp³-hybridized carbons (Fsp3) is 0.467. The van der Waals surface area contributed by atoms with E-state index in [0.717, 1.165) is 5.56 Å².